The molecule has 22 heavy (non-hydrogen) atoms. The predicted molar refractivity (Wildman–Crippen MR) is 83.1 cm³/mol. The number of anilines is 1. The van der Waals surface area contributed by atoms with Crippen LogP contribution in [0.2, 0.25) is 0 Å². The van der Waals surface area contributed by atoms with Gasteiger partial charge in [-0.3, -0.25) is 9.59 Å². The number of carbonyl (C=O) groups excluding carboxylic acids is 2. The lowest BCUT2D eigenvalue weighted by molar-refractivity contribution is -0.121. The zero-order chi connectivity index (χ0) is 15.7. The van der Waals surface area contributed by atoms with E-state index in [0.717, 1.165) is 24.6 Å². The first-order valence-electron chi connectivity index (χ1n) is 7.48. The fraction of sp³-hybridized carbons (Fsp3) is 0.643. The Labute approximate surface area is 133 Å². The minimum Gasteiger partial charge on any atom is -0.378 e. The van der Waals surface area contributed by atoms with Crippen molar-refractivity contribution in [1.29, 1.82) is 0 Å². The van der Waals surface area contributed by atoms with Crippen molar-refractivity contribution in [2.24, 2.45) is 5.73 Å². The zero-order valence-electron chi connectivity index (χ0n) is 12.6. The first kappa shape index (κ1) is 15.2. The van der Waals surface area contributed by atoms with Crippen LogP contribution in [0.5, 0.6) is 0 Å². The normalized spacial score (nSPS) is 22.1. The van der Waals surface area contributed by atoms with E-state index in [1.807, 2.05) is 6.92 Å². The van der Waals surface area contributed by atoms with Crippen molar-refractivity contribution in [3.63, 3.8) is 0 Å². The fourth-order valence-electron chi connectivity index (χ4n) is 2.91. The minimum absolute atomic E-state index is 0.129. The molecule has 0 unspecified atom stereocenters. The van der Waals surface area contributed by atoms with Crippen molar-refractivity contribution < 1.29 is 14.3 Å². The number of rotatable bonds is 3. The third-order valence-corrected chi connectivity index (χ3v) is 5.31. The molecule has 7 nitrogen and oxygen atoms in total. The van der Waals surface area contributed by atoms with E-state index in [9.17, 15) is 9.59 Å². The summed E-state index contributed by atoms with van der Waals surface area (Å²) >= 11 is 1.39. The molecule has 2 N–H and O–H groups in total. The van der Waals surface area contributed by atoms with Gasteiger partial charge in [0, 0.05) is 19.6 Å². The molecule has 2 fully saturated rings. The van der Waals surface area contributed by atoms with Gasteiger partial charge in [0.1, 0.15) is 10.9 Å². The highest BCUT2D eigenvalue weighted by Gasteiger charge is 2.35. The van der Waals surface area contributed by atoms with Crippen molar-refractivity contribution >= 4 is 28.3 Å². The van der Waals surface area contributed by atoms with Crippen LogP contribution >= 0.6 is 11.3 Å². The van der Waals surface area contributed by atoms with Crippen LogP contribution in [0, 0.1) is 6.92 Å². The molecule has 0 saturated carbocycles. The molecule has 2 aliphatic rings. The van der Waals surface area contributed by atoms with E-state index in [0.29, 0.717) is 36.8 Å². The summed E-state index contributed by atoms with van der Waals surface area (Å²) in [4.78, 5) is 33.1. The Morgan fingerprint density at radius 3 is 2.73 bits per heavy atom. The lowest BCUT2D eigenvalue weighted by Gasteiger charge is -2.26. The van der Waals surface area contributed by atoms with Crippen molar-refractivity contribution in [3.8, 4) is 0 Å². The predicted octanol–water partition coefficient (Wildman–Crippen LogP) is 0.378. The number of nitrogens with two attached hydrogens (primary N) is 1. The van der Waals surface area contributed by atoms with Gasteiger partial charge in [0.25, 0.3) is 5.91 Å². The molecule has 2 aliphatic heterocycles. The Hall–Kier alpha value is -1.67. The minimum atomic E-state index is -0.485. The number of amides is 2. The van der Waals surface area contributed by atoms with Gasteiger partial charge in [0.05, 0.1) is 18.9 Å². The van der Waals surface area contributed by atoms with Gasteiger partial charge in [0.2, 0.25) is 5.91 Å². The molecule has 0 spiro atoms. The molecule has 2 amide bonds. The first-order valence-corrected chi connectivity index (χ1v) is 8.30. The van der Waals surface area contributed by atoms with Gasteiger partial charge in [-0.05, 0) is 19.8 Å². The van der Waals surface area contributed by atoms with E-state index in [4.69, 9.17) is 10.5 Å². The summed E-state index contributed by atoms with van der Waals surface area (Å²) in [5.41, 5.74) is 6.11. The van der Waals surface area contributed by atoms with Gasteiger partial charge < -0.3 is 20.3 Å². The Morgan fingerprint density at radius 1 is 1.32 bits per heavy atom. The molecule has 0 radical (unpaired) electrons. The summed E-state index contributed by atoms with van der Waals surface area (Å²) in [6.07, 6.45) is 1.46. The van der Waals surface area contributed by atoms with E-state index in [1.165, 1.54) is 11.3 Å². The lowest BCUT2D eigenvalue weighted by Crippen LogP contribution is -2.43. The number of nitrogens with zero attached hydrogens (tertiary/aromatic N) is 3. The molecule has 2 saturated heterocycles. The van der Waals surface area contributed by atoms with Gasteiger partial charge in [-0.15, -0.1) is 0 Å². The quantitative estimate of drug-likeness (QED) is 0.868. The maximum absolute atomic E-state index is 12.7. The lowest BCUT2D eigenvalue weighted by atomic mass is 10.2. The van der Waals surface area contributed by atoms with Crippen LogP contribution in [0.3, 0.4) is 0 Å². The highest BCUT2D eigenvalue weighted by atomic mass is 32.1. The molecule has 0 bridgehead atoms. The molecule has 1 aromatic heterocycles. The number of aromatic nitrogens is 1. The highest BCUT2D eigenvalue weighted by molar-refractivity contribution is 7.17. The molecule has 0 aliphatic carbocycles. The summed E-state index contributed by atoms with van der Waals surface area (Å²) in [7, 11) is 0. The zero-order valence-corrected chi connectivity index (χ0v) is 13.4. The Balaban J connectivity index is 1.80. The molecule has 3 rings (SSSR count). The summed E-state index contributed by atoms with van der Waals surface area (Å²) in [5.74, 6) is -0.558. The smallest absolute Gasteiger partial charge is 0.266 e. The average molecular weight is 324 g/mol. The third kappa shape index (κ3) is 2.80. The summed E-state index contributed by atoms with van der Waals surface area (Å²) in [6.45, 7) is 5.34. The van der Waals surface area contributed by atoms with Crippen molar-refractivity contribution in [2.45, 2.75) is 25.8 Å². The number of likely N-dealkylation sites (tertiary alicyclic amines) is 1. The molecule has 1 aromatic rings. The van der Waals surface area contributed by atoms with E-state index in [-0.39, 0.29) is 5.91 Å². The van der Waals surface area contributed by atoms with Crippen LogP contribution in [0.25, 0.3) is 0 Å². The molecule has 1 atom stereocenters. The molecule has 8 heteroatoms. The third-order valence-electron chi connectivity index (χ3n) is 4.10. The van der Waals surface area contributed by atoms with Crippen LogP contribution in [0.15, 0.2) is 0 Å². The van der Waals surface area contributed by atoms with Gasteiger partial charge in [0.15, 0.2) is 5.13 Å². The number of morpholine rings is 1. The van der Waals surface area contributed by atoms with Crippen molar-refractivity contribution in [3.05, 3.63) is 10.6 Å². The fourth-order valence-corrected chi connectivity index (χ4v) is 3.98. The SMILES string of the molecule is Cc1nc(N2CCOCC2)sc1C(=O)N1CCC[C@H]1C(N)=O. The number of thiazole rings is 1. The monoisotopic (exact) mass is 324 g/mol. The van der Waals surface area contributed by atoms with Gasteiger partial charge >= 0.3 is 0 Å². The second-order valence-electron chi connectivity index (χ2n) is 5.57. The molecular formula is C14H20N4O3S. The van der Waals surface area contributed by atoms with Gasteiger partial charge in [-0.2, -0.15) is 0 Å². The molecular weight excluding hydrogens is 304 g/mol. The maximum Gasteiger partial charge on any atom is 0.266 e. The van der Waals surface area contributed by atoms with E-state index in [1.54, 1.807) is 4.90 Å². The van der Waals surface area contributed by atoms with Gasteiger partial charge in [-0.1, -0.05) is 11.3 Å². The van der Waals surface area contributed by atoms with Crippen LogP contribution in [0.4, 0.5) is 5.13 Å². The second-order valence-corrected chi connectivity index (χ2v) is 6.55. The highest BCUT2D eigenvalue weighted by Crippen LogP contribution is 2.30. The molecule has 0 aromatic carbocycles. The Kier molecular flexibility index (Phi) is 4.30. The summed E-state index contributed by atoms with van der Waals surface area (Å²) in [6, 6.07) is -0.485. The first-order chi connectivity index (χ1) is 10.6. The maximum atomic E-state index is 12.7. The van der Waals surface area contributed by atoms with Gasteiger partial charge in [-0.25, -0.2) is 4.98 Å². The largest absolute Gasteiger partial charge is 0.378 e. The van der Waals surface area contributed by atoms with Crippen LogP contribution in [-0.4, -0.2) is 60.6 Å². The second kappa shape index (κ2) is 6.21. The van der Waals surface area contributed by atoms with Crippen LogP contribution in [0.1, 0.15) is 28.2 Å². The summed E-state index contributed by atoms with van der Waals surface area (Å²) < 4.78 is 5.34. The van der Waals surface area contributed by atoms with Crippen molar-refractivity contribution in [1.82, 2.24) is 9.88 Å². The van der Waals surface area contributed by atoms with Crippen LogP contribution < -0.4 is 10.6 Å². The standard InChI is InChI=1S/C14H20N4O3S/c1-9-11(13(20)18-4-2-3-10(18)12(15)19)22-14(16-9)17-5-7-21-8-6-17/h10H,2-8H2,1H3,(H2,15,19)/t10-/m0/s1. The summed E-state index contributed by atoms with van der Waals surface area (Å²) in [5, 5.41) is 0.846. The number of hydrogen-bond acceptors (Lipinski definition) is 6. The molecule has 120 valence electrons. The number of hydrogen-bond donors (Lipinski definition) is 1. The average Bonchev–Trinajstić information content (AvgIpc) is 3.14. The van der Waals surface area contributed by atoms with E-state index < -0.39 is 11.9 Å². The number of carbonyl (C=O) groups is 2. The van der Waals surface area contributed by atoms with Crippen LogP contribution in [-0.2, 0) is 9.53 Å². The van der Waals surface area contributed by atoms with E-state index >= 15 is 0 Å². The molecule has 3 heterocycles. The topological polar surface area (TPSA) is 88.8 Å². The van der Waals surface area contributed by atoms with Crippen molar-refractivity contribution in [2.75, 3.05) is 37.7 Å². The number of primary amides is 1. The Bertz CT molecular complexity index is 583. The number of aryl methyl sites for hydroxylation is 1. The van der Waals surface area contributed by atoms with E-state index in [2.05, 4.69) is 9.88 Å². The Morgan fingerprint density at radius 2 is 2.05 bits per heavy atom. The number of ether oxygens (including phenoxy) is 1.